The maximum Gasteiger partial charge on any atom is 0.305 e. The minimum atomic E-state index is -0.665. The minimum absolute atomic E-state index is 0.00942. The number of aliphatic hydroxyl groups is 2. The van der Waals surface area contributed by atoms with Crippen LogP contribution < -0.4 is 5.32 Å². The van der Waals surface area contributed by atoms with E-state index in [0.29, 0.717) is 25.9 Å². The molecular formula is C76H147NO5. The molecule has 0 spiro atoms. The molecule has 0 heterocycles. The molecule has 0 fully saturated rings. The number of ether oxygens (including phenoxy) is 1. The highest BCUT2D eigenvalue weighted by Gasteiger charge is 2.20. The van der Waals surface area contributed by atoms with E-state index in [0.717, 1.165) is 44.9 Å². The zero-order chi connectivity index (χ0) is 59.2. The molecule has 6 heteroatoms. The van der Waals surface area contributed by atoms with E-state index in [-0.39, 0.29) is 18.5 Å². The first kappa shape index (κ1) is 80.3. The zero-order valence-corrected chi connectivity index (χ0v) is 55.8. The van der Waals surface area contributed by atoms with Gasteiger partial charge in [-0.05, 0) is 77.0 Å². The number of carbonyl (C=O) groups is 2. The fourth-order valence-corrected chi connectivity index (χ4v) is 12.0. The highest BCUT2D eigenvalue weighted by Crippen LogP contribution is 2.19. The van der Waals surface area contributed by atoms with E-state index in [4.69, 9.17) is 4.74 Å². The Labute approximate surface area is 513 Å². The predicted molar refractivity (Wildman–Crippen MR) is 361 cm³/mol. The number of unbranched alkanes of at least 4 members (excludes halogenated alkanes) is 56. The number of carbonyl (C=O) groups excluding carboxylic acids is 2. The highest BCUT2D eigenvalue weighted by molar-refractivity contribution is 5.76. The van der Waals surface area contributed by atoms with Crippen molar-refractivity contribution in [3.63, 3.8) is 0 Å². The van der Waals surface area contributed by atoms with Gasteiger partial charge in [0, 0.05) is 12.8 Å². The van der Waals surface area contributed by atoms with Crippen LogP contribution in [0.2, 0.25) is 0 Å². The van der Waals surface area contributed by atoms with E-state index >= 15 is 0 Å². The molecule has 82 heavy (non-hydrogen) atoms. The average molecular weight is 1160 g/mol. The van der Waals surface area contributed by atoms with Gasteiger partial charge >= 0.3 is 5.97 Å². The standard InChI is InChI=1S/C76H147NO5/c1-3-5-7-9-11-13-15-17-19-21-22-31-34-37-40-44-48-52-56-60-64-68-74(79)73(72-78)77-75(80)69-65-61-57-53-49-45-41-38-35-32-29-27-25-23-24-26-28-30-33-36-39-43-47-51-55-59-63-67-71-82-76(81)70-66-62-58-54-50-46-42-20-18-16-14-12-10-8-6-4-2/h20,23-24,42,73-74,78-79H,3-19,21-22,25-41,43-72H2,1-2H3,(H,77,80)/b24-23-,42-20-. The summed E-state index contributed by atoms with van der Waals surface area (Å²) in [6, 6.07) is -0.542. The van der Waals surface area contributed by atoms with Crippen LogP contribution >= 0.6 is 0 Å². The number of aliphatic hydroxyl groups excluding tert-OH is 2. The third-order valence-electron chi connectivity index (χ3n) is 17.7. The monoisotopic (exact) mass is 1150 g/mol. The summed E-state index contributed by atoms with van der Waals surface area (Å²) >= 11 is 0. The summed E-state index contributed by atoms with van der Waals surface area (Å²) in [5.41, 5.74) is 0. The quantitative estimate of drug-likeness (QED) is 0.0320. The third-order valence-corrected chi connectivity index (χ3v) is 17.7. The average Bonchev–Trinajstić information content (AvgIpc) is 3.48. The van der Waals surface area contributed by atoms with E-state index in [1.807, 2.05) is 0 Å². The molecule has 486 valence electrons. The Bertz CT molecular complexity index is 1280. The summed E-state index contributed by atoms with van der Waals surface area (Å²) in [6.07, 6.45) is 91.0. The van der Waals surface area contributed by atoms with Gasteiger partial charge in [0.05, 0.1) is 25.4 Å². The summed E-state index contributed by atoms with van der Waals surface area (Å²) < 4.78 is 5.50. The number of nitrogens with one attached hydrogen (secondary N) is 1. The fraction of sp³-hybridized carbons (Fsp3) is 0.921. The van der Waals surface area contributed by atoms with E-state index < -0.39 is 12.1 Å². The van der Waals surface area contributed by atoms with E-state index in [1.54, 1.807) is 0 Å². The Morgan fingerprint density at radius 3 is 0.866 bits per heavy atom. The predicted octanol–water partition coefficient (Wildman–Crippen LogP) is 24.5. The molecule has 0 radical (unpaired) electrons. The van der Waals surface area contributed by atoms with Crippen molar-refractivity contribution < 1.29 is 24.5 Å². The van der Waals surface area contributed by atoms with Crippen LogP contribution in [-0.2, 0) is 14.3 Å². The second-order valence-electron chi connectivity index (χ2n) is 26.0. The number of allylic oxidation sites excluding steroid dienone is 4. The van der Waals surface area contributed by atoms with Gasteiger partial charge in [0.2, 0.25) is 5.91 Å². The van der Waals surface area contributed by atoms with Crippen molar-refractivity contribution in [3.8, 4) is 0 Å². The first-order valence-corrected chi connectivity index (χ1v) is 37.6. The summed E-state index contributed by atoms with van der Waals surface area (Å²) in [7, 11) is 0. The normalized spacial score (nSPS) is 12.6. The largest absolute Gasteiger partial charge is 0.466 e. The van der Waals surface area contributed by atoms with Gasteiger partial charge in [0.1, 0.15) is 0 Å². The van der Waals surface area contributed by atoms with Gasteiger partial charge in [0.15, 0.2) is 0 Å². The summed E-state index contributed by atoms with van der Waals surface area (Å²) in [5, 5.41) is 23.4. The fourth-order valence-electron chi connectivity index (χ4n) is 12.0. The highest BCUT2D eigenvalue weighted by atomic mass is 16.5. The first-order valence-electron chi connectivity index (χ1n) is 37.6. The van der Waals surface area contributed by atoms with Crippen LogP contribution in [0.1, 0.15) is 425 Å². The first-order chi connectivity index (χ1) is 40.5. The van der Waals surface area contributed by atoms with Crippen LogP contribution in [-0.4, -0.2) is 47.4 Å². The van der Waals surface area contributed by atoms with Crippen LogP contribution in [0.15, 0.2) is 24.3 Å². The maximum atomic E-state index is 12.6. The Morgan fingerprint density at radius 2 is 0.573 bits per heavy atom. The molecule has 2 unspecified atom stereocenters. The second kappa shape index (κ2) is 71.8. The van der Waals surface area contributed by atoms with Crippen molar-refractivity contribution in [1.82, 2.24) is 5.32 Å². The molecule has 0 saturated heterocycles. The van der Waals surface area contributed by atoms with Crippen LogP contribution in [0.3, 0.4) is 0 Å². The summed E-state index contributed by atoms with van der Waals surface area (Å²) in [6.45, 7) is 4.99. The molecule has 0 aliphatic heterocycles. The van der Waals surface area contributed by atoms with Crippen molar-refractivity contribution in [1.29, 1.82) is 0 Å². The Kier molecular flexibility index (Phi) is 70.4. The molecule has 0 aromatic carbocycles. The van der Waals surface area contributed by atoms with Crippen molar-refractivity contribution in [2.75, 3.05) is 13.2 Å². The van der Waals surface area contributed by atoms with Crippen molar-refractivity contribution in [3.05, 3.63) is 24.3 Å². The zero-order valence-electron chi connectivity index (χ0n) is 55.8. The van der Waals surface area contributed by atoms with Crippen LogP contribution in [0.4, 0.5) is 0 Å². The summed E-state index contributed by atoms with van der Waals surface area (Å²) in [5.74, 6) is -0.0207. The van der Waals surface area contributed by atoms with Gasteiger partial charge in [-0.2, -0.15) is 0 Å². The molecule has 0 aromatic heterocycles. The number of esters is 1. The van der Waals surface area contributed by atoms with Crippen molar-refractivity contribution in [2.24, 2.45) is 0 Å². The van der Waals surface area contributed by atoms with Gasteiger partial charge < -0.3 is 20.3 Å². The van der Waals surface area contributed by atoms with Crippen LogP contribution in [0.5, 0.6) is 0 Å². The molecule has 1 amide bonds. The van der Waals surface area contributed by atoms with Crippen LogP contribution in [0, 0.1) is 0 Å². The SMILES string of the molecule is CCCCCCCCC/C=C\CCCCCCCC(=O)OCCCCCCCCCCCCCC/C=C\CCCCCCCCCCCCCCC(=O)NC(CO)C(O)CCCCCCCCCCCCCCCCCCCCCCC. The van der Waals surface area contributed by atoms with Crippen molar-refractivity contribution >= 4 is 11.9 Å². The molecular weight excluding hydrogens is 1010 g/mol. The maximum absolute atomic E-state index is 12.6. The number of hydrogen-bond donors (Lipinski definition) is 3. The van der Waals surface area contributed by atoms with Gasteiger partial charge in [-0.15, -0.1) is 0 Å². The van der Waals surface area contributed by atoms with E-state index in [9.17, 15) is 19.8 Å². The van der Waals surface area contributed by atoms with E-state index in [1.165, 1.54) is 347 Å². The lowest BCUT2D eigenvalue weighted by Crippen LogP contribution is -2.45. The van der Waals surface area contributed by atoms with Crippen molar-refractivity contribution in [2.45, 2.75) is 437 Å². The molecule has 3 N–H and O–H groups in total. The van der Waals surface area contributed by atoms with Gasteiger partial charge in [0.25, 0.3) is 0 Å². The lowest BCUT2D eigenvalue weighted by atomic mass is 10.0. The van der Waals surface area contributed by atoms with Gasteiger partial charge in [-0.25, -0.2) is 0 Å². The lowest BCUT2D eigenvalue weighted by molar-refractivity contribution is -0.143. The molecule has 0 aromatic rings. The molecule has 0 aliphatic rings. The molecule has 6 nitrogen and oxygen atoms in total. The van der Waals surface area contributed by atoms with Gasteiger partial charge in [-0.3, -0.25) is 9.59 Å². The third kappa shape index (κ3) is 67.5. The molecule has 0 bridgehead atoms. The molecule has 0 saturated carbocycles. The topological polar surface area (TPSA) is 95.9 Å². The Hall–Kier alpha value is -1.66. The number of rotatable bonds is 71. The molecule has 2 atom stereocenters. The minimum Gasteiger partial charge on any atom is -0.466 e. The lowest BCUT2D eigenvalue weighted by Gasteiger charge is -2.22. The van der Waals surface area contributed by atoms with E-state index in [2.05, 4.69) is 43.5 Å². The number of hydrogen-bond acceptors (Lipinski definition) is 5. The Balaban J connectivity index is 3.37. The molecule has 0 rings (SSSR count). The van der Waals surface area contributed by atoms with Crippen LogP contribution in [0.25, 0.3) is 0 Å². The summed E-state index contributed by atoms with van der Waals surface area (Å²) in [4.78, 5) is 24.6. The van der Waals surface area contributed by atoms with Gasteiger partial charge in [-0.1, -0.05) is 359 Å². The Morgan fingerprint density at radius 1 is 0.329 bits per heavy atom. The second-order valence-corrected chi connectivity index (χ2v) is 26.0. The smallest absolute Gasteiger partial charge is 0.305 e. The number of amides is 1. The molecule has 0 aliphatic carbocycles.